The number of fused-ring (bicyclic) bond motifs is 1. The Balaban J connectivity index is 1.67. The Morgan fingerprint density at radius 2 is 1.86 bits per heavy atom. The number of hydrogen-bond donors (Lipinski definition) is 0. The number of carbonyl (C=O) groups is 1. The van der Waals surface area contributed by atoms with Gasteiger partial charge >= 0.3 is 0 Å². The van der Waals surface area contributed by atoms with E-state index in [-0.39, 0.29) is 16.7 Å². The molecular weight excluding hydrogens is 284 g/mol. The Hall–Kier alpha value is -1.83. The highest BCUT2D eigenvalue weighted by atomic mass is 16.6. The normalized spacial score (nSPS) is 39.5. The maximum absolute atomic E-state index is 12.8. The molecule has 5 rings (SSSR count). The summed E-state index contributed by atoms with van der Waals surface area (Å²) in [5.74, 6) is 0.0634. The van der Waals surface area contributed by atoms with Crippen LogP contribution in [0.2, 0.25) is 0 Å². The topological polar surface area (TPSA) is 69.9 Å². The number of benzene rings is 1. The van der Waals surface area contributed by atoms with E-state index in [1.54, 1.807) is 0 Å². The summed E-state index contributed by atoms with van der Waals surface area (Å²) in [4.78, 5) is 30.4. The van der Waals surface area contributed by atoms with Crippen molar-refractivity contribution in [1.82, 2.24) is 14.7 Å². The average molecular weight is 302 g/mol. The predicted octanol–water partition coefficient (Wildman–Crippen LogP) is 0.115. The van der Waals surface area contributed by atoms with Crippen LogP contribution in [-0.2, 0) is 0 Å². The minimum atomic E-state index is -0.956. The molecule has 4 heterocycles. The average Bonchev–Trinajstić information content (AvgIpc) is 2.70. The maximum atomic E-state index is 12.8. The van der Waals surface area contributed by atoms with Gasteiger partial charge in [0, 0.05) is 17.0 Å². The zero-order chi connectivity index (χ0) is 15.3. The van der Waals surface area contributed by atoms with Crippen molar-refractivity contribution in [1.29, 1.82) is 0 Å². The molecule has 4 aliphatic heterocycles. The lowest BCUT2D eigenvalue weighted by Gasteiger charge is -2.46. The third-order valence-electron chi connectivity index (χ3n) is 4.94. The van der Waals surface area contributed by atoms with E-state index < -0.39 is 5.54 Å². The molecule has 0 amide bonds. The number of nitrogens with zero attached hydrogens (tertiary/aromatic N) is 4. The molecule has 22 heavy (non-hydrogen) atoms. The Kier molecular flexibility index (Phi) is 3.04. The van der Waals surface area contributed by atoms with Crippen LogP contribution in [0, 0.1) is 10.1 Å². The van der Waals surface area contributed by atoms with Crippen molar-refractivity contribution in [2.45, 2.75) is 11.6 Å². The molecule has 0 radical (unpaired) electrons. The van der Waals surface area contributed by atoms with E-state index in [1.165, 1.54) is 0 Å². The lowest BCUT2D eigenvalue weighted by atomic mass is 9.94. The lowest BCUT2D eigenvalue weighted by molar-refractivity contribution is -0.579. The van der Waals surface area contributed by atoms with Gasteiger partial charge in [0.2, 0.25) is 0 Å². The number of carbonyl (C=O) groups excluding carboxylic acids is 1. The second-order valence-electron chi connectivity index (χ2n) is 6.60. The van der Waals surface area contributed by atoms with E-state index in [0.29, 0.717) is 45.1 Å². The number of rotatable bonds is 3. The minimum absolute atomic E-state index is 0.0634. The minimum Gasteiger partial charge on any atom is -0.292 e. The van der Waals surface area contributed by atoms with E-state index in [9.17, 15) is 14.9 Å². The zero-order valence-electron chi connectivity index (χ0n) is 12.2. The van der Waals surface area contributed by atoms with Gasteiger partial charge in [0.25, 0.3) is 5.54 Å². The van der Waals surface area contributed by atoms with Crippen molar-refractivity contribution < 1.29 is 9.72 Å². The Morgan fingerprint density at radius 1 is 1.14 bits per heavy atom. The summed E-state index contributed by atoms with van der Waals surface area (Å²) < 4.78 is 0. The van der Waals surface area contributed by atoms with Gasteiger partial charge in [-0.2, -0.15) is 0 Å². The molecule has 7 nitrogen and oxygen atoms in total. The first-order valence-corrected chi connectivity index (χ1v) is 7.50. The molecule has 0 saturated carbocycles. The molecule has 4 aliphatic rings. The van der Waals surface area contributed by atoms with Crippen molar-refractivity contribution in [2.75, 3.05) is 39.5 Å². The predicted molar refractivity (Wildman–Crippen MR) is 79.0 cm³/mol. The van der Waals surface area contributed by atoms with Gasteiger partial charge in [0.1, 0.15) is 0 Å². The molecule has 0 aromatic heterocycles. The summed E-state index contributed by atoms with van der Waals surface area (Å²) in [6, 6.07) is 8.93. The van der Waals surface area contributed by atoms with Crippen molar-refractivity contribution in [3.63, 3.8) is 0 Å². The van der Waals surface area contributed by atoms with Crippen LogP contribution in [0.3, 0.4) is 0 Å². The van der Waals surface area contributed by atoms with Gasteiger partial charge in [-0.1, -0.05) is 30.3 Å². The zero-order valence-corrected chi connectivity index (χ0v) is 12.2. The lowest BCUT2D eigenvalue weighted by Crippen LogP contribution is -2.69. The number of ketones is 1. The summed E-state index contributed by atoms with van der Waals surface area (Å²) in [7, 11) is 0. The van der Waals surface area contributed by atoms with Gasteiger partial charge in [-0.15, -0.1) is 0 Å². The van der Waals surface area contributed by atoms with Crippen LogP contribution < -0.4 is 0 Å². The SMILES string of the molecule is O=C(c1ccccc1)[C@@H]1CN2CN3CN1C[C@]([N+](=O)[O-])(C2)C3. The molecule has 4 bridgehead atoms. The summed E-state index contributed by atoms with van der Waals surface area (Å²) in [6.07, 6.45) is 0. The molecule has 7 heteroatoms. The fourth-order valence-electron chi connectivity index (χ4n) is 4.05. The quantitative estimate of drug-likeness (QED) is 0.448. The van der Waals surface area contributed by atoms with Crippen LogP contribution in [0.25, 0.3) is 0 Å². The second kappa shape index (κ2) is 4.84. The number of hydrogen-bond acceptors (Lipinski definition) is 6. The first-order valence-electron chi connectivity index (χ1n) is 7.50. The molecule has 116 valence electrons. The molecule has 0 aliphatic carbocycles. The van der Waals surface area contributed by atoms with Gasteiger partial charge in [-0.3, -0.25) is 29.6 Å². The molecule has 5 atom stereocenters. The van der Waals surface area contributed by atoms with Gasteiger partial charge < -0.3 is 0 Å². The molecule has 1 aromatic rings. The van der Waals surface area contributed by atoms with Gasteiger partial charge in [-0.25, -0.2) is 0 Å². The van der Waals surface area contributed by atoms with E-state index in [2.05, 4.69) is 9.80 Å². The Bertz CT molecular complexity index is 622. The summed E-state index contributed by atoms with van der Waals surface area (Å²) in [6.45, 7) is 3.20. The van der Waals surface area contributed by atoms with E-state index in [0.717, 1.165) is 0 Å². The van der Waals surface area contributed by atoms with Crippen molar-refractivity contribution in [3.8, 4) is 0 Å². The van der Waals surface area contributed by atoms with E-state index >= 15 is 0 Å². The summed E-state index contributed by atoms with van der Waals surface area (Å²) >= 11 is 0. The summed E-state index contributed by atoms with van der Waals surface area (Å²) in [5.41, 5.74) is -0.276. The fourth-order valence-corrected chi connectivity index (χ4v) is 4.05. The first kappa shape index (κ1) is 13.8. The number of Topliss-reactive ketones (excluding diaryl/α,β-unsaturated/α-hetero) is 1. The molecule has 0 N–H and O–H groups in total. The third-order valence-corrected chi connectivity index (χ3v) is 4.94. The van der Waals surface area contributed by atoms with Crippen molar-refractivity contribution in [3.05, 3.63) is 46.0 Å². The van der Waals surface area contributed by atoms with Crippen LogP contribution in [0.4, 0.5) is 0 Å². The number of nitro groups is 1. The molecule has 1 aromatic carbocycles. The molecule has 4 saturated heterocycles. The third kappa shape index (κ3) is 2.05. The maximum Gasteiger partial charge on any atom is 0.259 e. The van der Waals surface area contributed by atoms with Gasteiger partial charge in [-0.05, 0) is 0 Å². The van der Waals surface area contributed by atoms with Gasteiger partial charge in [0.05, 0.1) is 39.0 Å². The molecular formula is C15H18N4O3. The van der Waals surface area contributed by atoms with Crippen LogP contribution in [-0.4, -0.2) is 76.5 Å². The van der Waals surface area contributed by atoms with Gasteiger partial charge in [0.15, 0.2) is 5.78 Å². The van der Waals surface area contributed by atoms with E-state index in [1.807, 2.05) is 35.2 Å². The highest BCUT2D eigenvalue weighted by Crippen LogP contribution is 2.32. The standard InChI is InChI=1S/C15H18N4O3/c20-14(12-4-2-1-3-5-12)13-6-16-7-15(19(21)22)8-17(10-16)11-18(13)9-15/h1-5,13H,6-11H2/t13-,15-/m0/s1. The highest BCUT2D eigenvalue weighted by Gasteiger charge is 2.57. The highest BCUT2D eigenvalue weighted by molar-refractivity contribution is 6.00. The van der Waals surface area contributed by atoms with E-state index in [4.69, 9.17) is 0 Å². The van der Waals surface area contributed by atoms with Crippen LogP contribution in [0.5, 0.6) is 0 Å². The fraction of sp³-hybridized carbons (Fsp3) is 0.533. The van der Waals surface area contributed by atoms with Crippen LogP contribution >= 0.6 is 0 Å². The Labute approximate surface area is 128 Å². The Morgan fingerprint density at radius 3 is 2.59 bits per heavy atom. The smallest absolute Gasteiger partial charge is 0.259 e. The molecule has 3 unspecified atom stereocenters. The van der Waals surface area contributed by atoms with Crippen LogP contribution in [0.1, 0.15) is 10.4 Å². The second-order valence-corrected chi connectivity index (χ2v) is 6.60. The molecule has 0 spiro atoms. The molecule has 4 fully saturated rings. The monoisotopic (exact) mass is 302 g/mol. The first-order chi connectivity index (χ1) is 10.6. The largest absolute Gasteiger partial charge is 0.292 e. The van der Waals surface area contributed by atoms with Crippen molar-refractivity contribution in [2.24, 2.45) is 0 Å². The summed E-state index contributed by atoms with van der Waals surface area (Å²) in [5, 5.41) is 11.6. The van der Waals surface area contributed by atoms with Crippen LogP contribution in [0.15, 0.2) is 30.3 Å². The van der Waals surface area contributed by atoms with Crippen molar-refractivity contribution >= 4 is 5.78 Å².